The molecular weight excluding hydrogens is 284 g/mol. The van der Waals surface area contributed by atoms with Crippen LogP contribution in [0.15, 0.2) is 30.3 Å². The van der Waals surface area contributed by atoms with Crippen LogP contribution in [-0.4, -0.2) is 48.7 Å². The molecule has 1 aliphatic heterocycles. The number of hydrogen-bond acceptors (Lipinski definition) is 3. The summed E-state index contributed by atoms with van der Waals surface area (Å²) in [5.74, 6) is 0.923. The maximum Gasteiger partial charge on any atom is 0.317 e. The number of morpholine rings is 1. The van der Waals surface area contributed by atoms with Gasteiger partial charge in [-0.3, -0.25) is 0 Å². The molecule has 0 saturated carbocycles. The fraction of sp³-hybridized carbons (Fsp3) is 0.562. The Hall–Kier alpha value is -1.20. The fourth-order valence-corrected chi connectivity index (χ4v) is 3.19. The van der Waals surface area contributed by atoms with E-state index >= 15 is 0 Å². The van der Waals surface area contributed by atoms with E-state index in [1.807, 2.05) is 43.2 Å². The lowest BCUT2D eigenvalue weighted by atomic mass is 9.94. The molecule has 0 spiro atoms. The maximum atomic E-state index is 12.4. The molecular formula is C16H24N2O2S. The third-order valence-corrected chi connectivity index (χ3v) is 4.57. The quantitative estimate of drug-likeness (QED) is 0.930. The van der Waals surface area contributed by atoms with E-state index in [1.54, 1.807) is 11.8 Å². The molecule has 1 fully saturated rings. The summed E-state index contributed by atoms with van der Waals surface area (Å²) in [6, 6.07) is 10.3. The molecule has 2 amide bonds. The van der Waals surface area contributed by atoms with Gasteiger partial charge in [0.05, 0.1) is 13.2 Å². The van der Waals surface area contributed by atoms with Crippen LogP contribution in [0.2, 0.25) is 0 Å². The van der Waals surface area contributed by atoms with Crippen molar-refractivity contribution in [3.8, 4) is 0 Å². The molecule has 5 heteroatoms. The van der Waals surface area contributed by atoms with E-state index < -0.39 is 5.60 Å². The summed E-state index contributed by atoms with van der Waals surface area (Å²) in [5, 5.41) is 3.05. The van der Waals surface area contributed by atoms with Crippen LogP contribution in [0.5, 0.6) is 0 Å². The Balaban J connectivity index is 2.02. The van der Waals surface area contributed by atoms with Crippen molar-refractivity contribution in [1.29, 1.82) is 0 Å². The minimum absolute atomic E-state index is 0.00186. The first-order chi connectivity index (χ1) is 10.0. The molecule has 2 rings (SSSR count). The minimum Gasteiger partial charge on any atom is -0.367 e. The molecule has 21 heavy (non-hydrogen) atoms. The molecule has 2 atom stereocenters. The lowest BCUT2D eigenvalue weighted by Gasteiger charge is -2.41. The Kier molecular flexibility index (Phi) is 5.53. The number of nitrogens with zero attached hydrogens (tertiary/aromatic N) is 1. The van der Waals surface area contributed by atoms with Gasteiger partial charge in [-0.1, -0.05) is 30.3 Å². The van der Waals surface area contributed by atoms with Crippen molar-refractivity contribution >= 4 is 17.8 Å². The summed E-state index contributed by atoms with van der Waals surface area (Å²) >= 11 is 1.74. The number of rotatable bonds is 4. The highest BCUT2D eigenvalue weighted by atomic mass is 32.2. The molecule has 4 nitrogen and oxygen atoms in total. The normalized spacial score (nSPS) is 23.7. The molecule has 0 unspecified atom stereocenters. The Morgan fingerprint density at radius 2 is 2.19 bits per heavy atom. The van der Waals surface area contributed by atoms with Gasteiger partial charge in [-0.05, 0) is 25.7 Å². The lowest BCUT2D eigenvalue weighted by Crippen LogP contribution is -2.54. The Labute approximate surface area is 131 Å². The van der Waals surface area contributed by atoms with Gasteiger partial charge in [0.15, 0.2) is 0 Å². The molecule has 1 aromatic rings. The first kappa shape index (κ1) is 16.2. The average molecular weight is 308 g/mol. The standard InChI is InChI=1S/C16H24N2O2S/c1-13(11-21-3)17-15(19)18-9-10-20-16(2,12-18)14-7-5-4-6-8-14/h4-8,13H,9-12H2,1-3H3,(H,17,19)/t13-,16-/m1/s1. The van der Waals surface area contributed by atoms with Gasteiger partial charge in [0, 0.05) is 18.3 Å². The highest BCUT2D eigenvalue weighted by Crippen LogP contribution is 2.29. The van der Waals surface area contributed by atoms with Gasteiger partial charge in [0.1, 0.15) is 5.60 Å². The summed E-state index contributed by atoms with van der Waals surface area (Å²) in [6.07, 6.45) is 2.05. The summed E-state index contributed by atoms with van der Waals surface area (Å²) in [7, 11) is 0. The van der Waals surface area contributed by atoms with Crippen LogP contribution in [0.25, 0.3) is 0 Å². The zero-order chi connectivity index (χ0) is 15.3. The van der Waals surface area contributed by atoms with Crippen LogP contribution in [-0.2, 0) is 10.3 Å². The van der Waals surface area contributed by atoms with E-state index in [1.165, 1.54) is 0 Å². The minimum atomic E-state index is -0.431. The van der Waals surface area contributed by atoms with E-state index in [9.17, 15) is 4.79 Å². The number of urea groups is 1. The van der Waals surface area contributed by atoms with E-state index in [-0.39, 0.29) is 12.1 Å². The molecule has 0 aliphatic carbocycles. The second-order valence-corrected chi connectivity index (χ2v) is 6.58. The summed E-state index contributed by atoms with van der Waals surface area (Å²) in [5.41, 5.74) is 0.680. The zero-order valence-electron chi connectivity index (χ0n) is 13.0. The first-order valence-corrected chi connectivity index (χ1v) is 8.68. The number of thioether (sulfide) groups is 1. The number of carbonyl (C=O) groups excluding carboxylic acids is 1. The van der Waals surface area contributed by atoms with Crippen molar-refractivity contribution in [2.24, 2.45) is 0 Å². The molecule has 1 heterocycles. The number of benzene rings is 1. The maximum absolute atomic E-state index is 12.4. The highest BCUT2D eigenvalue weighted by Gasteiger charge is 2.35. The van der Waals surface area contributed by atoms with Gasteiger partial charge < -0.3 is 15.0 Å². The van der Waals surface area contributed by atoms with Gasteiger partial charge in [-0.25, -0.2) is 4.79 Å². The van der Waals surface area contributed by atoms with Crippen LogP contribution >= 0.6 is 11.8 Å². The molecule has 1 aromatic carbocycles. The van der Waals surface area contributed by atoms with Gasteiger partial charge >= 0.3 is 6.03 Å². The van der Waals surface area contributed by atoms with Crippen LogP contribution in [0.3, 0.4) is 0 Å². The van der Waals surface area contributed by atoms with Gasteiger partial charge in [0.25, 0.3) is 0 Å². The number of amides is 2. The first-order valence-electron chi connectivity index (χ1n) is 7.29. The average Bonchev–Trinajstić information content (AvgIpc) is 2.48. The molecule has 1 aliphatic rings. The Bertz CT molecular complexity index is 469. The Morgan fingerprint density at radius 3 is 2.86 bits per heavy atom. The SMILES string of the molecule is CSC[C@@H](C)NC(=O)N1CCO[C@@](C)(c2ccccc2)C1. The predicted molar refractivity (Wildman–Crippen MR) is 87.7 cm³/mol. The van der Waals surface area contributed by atoms with E-state index in [0.29, 0.717) is 19.7 Å². The van der Waals surface area contributed by atoms with Crippen molar-refractivity contribution in [3.05, 3.63) is 35.9 Å². The smallest absolute Gasteiger partial charge is 0.317 e. The lowest BCUT2D eigenvalue weighted by molar-refractivity contribution is -0.0907. The topological polar surface area (TPSA) is 41.6 Å². The summed E-state index contributed by atoms with van der Waals surface area (Å²) in [6.45, 7) is 5.86. The summed E-state index contributed by atoms with van der Waals surface area (Å²) < 4.78 is 5.96. The number of carbonyl (C=O) groups is 1. The Morgan fingerprint density at radius 1 is 1.48 bits per heavy atom. The molecule has 1 N–H and O–H groups in total. The van der Waals surface area contributed by atoms with Crippen molar-refractivity contribution < 1.29 is 9.53 Å². The molecule has 116 valence electrons. The second-order valence-electron chi connectivity index (χ2n) is 5.67. The molecule has 0 aromatic heterocycles. The monoisotopic (exact) mass is 308 g/mol. The number of ether oxygens (including phenoxy) is 1. The van der Waals surface area contributed by atoms with Crippen LogP contribution in [0, 0.1) is 0 Å². The van der Waals surface area contributed by atoms with Crippen molar-refractivity contribution in [2.45, 2.75) is 25.5 Å². The molecule has 0 bridgehead atoms. The molecule has 0 radical (unpaired) electrons. The van der Waals surface area contributed by atoms with Gasteiger partial charge in [0.2, 0.25) is 0 Å². The number of hydrogen-bond donors (Lipinski definition) is 1. The van der Waals surface area contributed by atoms with E-state index in [2.05, 4.69) is 17.4 Å². The zero-order valence-corrected chi connectivity index (χ0v) is 13.8. The van der Waals surface area contributed by atoms with Crippen LogP contribution < -0.4 is 5.32 Å². The molecule has 1 saturated heterocycles. The second kappa shape index (κ2) is 7.18. The van der Waals surface area contributed by atoms with Crippen molar-refractivity contribution in [1.82, 2.24) is 10.2 Å². The van der Waals surface area contributed by atoms with Crippen molar-refractivity contribution in [3.63, 3.8) is 0 Å². The van der Waals surface area contributed by atoms with Crippen LogP contribution in [0.1, 0.15) is 19.4 Å². The largest absolute Gasteiger partial charge is 0.367 e. The van der Waals surface area contributed by atoms with Crippen LogP contribution in [0.4, 0.5) is 4.79 Å². The third kappa shape index (κ3) is 4.14. The highest BCUT2D eigenvalue weighted by molar-refractivity contribution is 7.98. The summed E-state index contributed by atoms with van der Waals surface area (Å²) in [4.78, 5) is 14.2. The van der Waals surface area contributed by atoms with Crippen molar-refractivity contribution in [2.75, 3.05) is 31.7 Å². The van der Waals surface area contributed by atoms with E-state index in [4.69, 9.17) is 4.74 Å². The predicted octanol–water partition coefficient (Wildman–Crippen LogP) is 2.70. The number of nitrogens with one attached hydrogen (secondary N) is 1. The third-order valence-electron chi connectivity index (χ3n) is 3.73. The van der Waals surface area contributed by atoms with Gasteiger partial charge in [-0.2, -0.15) is 11.8 Å². The van der Waals surface area contributed by atoms with E-state index in [0.717, 1.165) is 11.3 Å². The van der Waals surface area contributed by atoms with Gasteiger partial charge in [-0.15, -0.1) is 0 Å². The fourth-order valence-electron chi connectivity index (χ4n) is 2.60.